The van der Waals surface area contributed by atoms with Gasteiger partial charge in [0.1, 0.15) is 50.0 Å². The van der Waals surface area contributed by atoms with Crippen molar-refractivity contribution in [3.05, 3.63) is 10.4 Å². The Balaban J connectivity index is 1.92. The number of aliphatic hydroxyl groups is 2. The SMILES string of the molecule is C#CCO[C@@H]1C(O)[C@H](C)O[C@@H]1COP(=O)(O)OP(=O)(O)OP(=O)(O)OOP(=O)(O)OC[C@H]1O[C@@H](C)[C@@H](O)C1OP(=O)(O)OCN=[N+]=[N-]. The van der Waals surface area contributed by atoms with Crippen molar-refractivity contribution in [2.45, 2.75) is 62.7 Å². The summed E-state index contributed by atoms with van der Waals surface area (Å²) in [6, 6.07) is 0. The van der Waals surface area contributed by atoms with Crippen LogP contribution in [0.4, 0.5) is 0 Å². The summed E-state index contributed by atoms with van der Waals surface area (Å²) in [4.78, 5) is 50.8. The van der Waals surface area contributed by atoms with Crippen molar-refractivity contribution in [2.75, 3.05) is 26.6 Å². The van der Waals surface area contributed by atoms with E-state index < -0.39 is 108 Å². The molecule has 13 atom stereocenters. The minimum Gasteiger partial charge on any atom is -0.388 e. The molecule has 47 heavy (non-hydrogen) atoms. The molecule has 0 aromatic carbocycles. The molecule has 0 amide bonds. The third kappa shape index (κ3) is 14.2. The van der Waals surface area contributed by atoms with Crippen LogP contribution in [0.25, 0.3) is 10.4 Å². The van der Waals surface area contributed by atoms with E-state index in [1.54, 1.807) is 0 Å². The summed E-state index contributed by atoms with van der Waals surface area (Å²) in [5.74, 6) is 2.12. The Kier molecular flexibility index (Phi) is 15.8. The maximum atomic E-state index is 12.2. The molecule has 0 spiro atoms. The van der Waals surface area contributed by atoms with Crippen molar-refractivity contribution >= 4 is 39.1 Å². The molecule has 7 unspecified atom stereocenters. The summed E-state index contributed by atoms with van der Waals surface area (Å²) in [7, 11) is -28.4. The smallest absolute Gasteiger partial charge is 0.388 e. The van der Waals surface area contributed by atoms with Crippen LogP contribution < -0.4 is 0 Å². The Morgan fingerprint density at radius 1 is 0.766 bits per heavy atom. The molecule has 2 rings (SSSR count). The number of ether oxygens (including phenoxy) is 3. The molecule has 0 aromatic rings. The standard InChI is InChI=1S/C16H30N3O23P5/c1-4-5-32-15-11(36-9(2)13(15)20)6-34-45(26,27)41-47(30,31)42-46(28,29)40-39-44(24,25)33-7-12-16(14(21)10(3)37-12)38-43(22,23)35-8-18-19-17/h1,9-16,20-21H,5-8H2,2-3H3,(H,22,23)(H,24,25)(H,26,27)(H,28,29)(H,30,31)/t9-,10-,11+,12+,13?,14+,15-,16?/m0/s1. The highest BCUT2D eigenvalue weighted by Gasteiger charge is 2.49. The van der Waals surface area contributed by atoms with Gasteiger partial charge in [-0.1, -0.05) is 11.0 Å². The second-order valence-electron chi connectivity index (χ2n) is 9.03. The van der Waals surface area contributed by atoms with E-state index in [1.165, 1.54) is 13.8 Å². The Hall–Kier alpha value is -0.700. The normalized spacial score (nSPS) is 34.1. The maximum Gasteiger partial charge on any atom is 0.508 e. The first-order valence-electron chi connectivity index (χ1n) is 12.3. The number of terminal acetylenes is 1. The molecule has 2 aliphatic heterocycles. The van der Waals surface area contributed by atoms with Crippen molar-refractivity contribution in [1.29, 1.82) is 0 Å². The first-order chi connectivity index (χ1) is 21.5. The predicted octanol–water partition coefficient (Wildman–Crippen LogP) is 0.487. The first kappa shape index (κ1) is 42.5. The highest BCUT2D eigenvalue weighted by atomic mass is 31.3. The third-order valence-electron chi connectivity index (χ3n) is 5.54. The van der Waals surface area contributed by atoms with E-state index in [1.807, 2.05) is 0 Å². The lowest BCUT2D eigenvalue weighted by atomic mass is 10.1. The Labute approximate surface area is 264 Å². The lowest BCUT2D eigenvalue weighted by Gasteiger charge is -2.23. The van der Waals surface area contributed by atoms with E-state index >= 15 is 0 Å². The molecule has 0 radical (unpaired) electrons. The van der Waals surface area contributed by atoms with Crippen LogP contribution in [0.5, 0.6) is 0 Å². The van der Waals surface area contributed by atoms with Gasteiger partial charge in [-0.3, -0.25) is 18.1 Å². The molecule has 0 bridgehead atoms. The van der Waals surface area contributed by atoms with Gasteiger partial charge in [0, 0.05) is 4.91 Å². The van der Waals surface area contributed by atoms with Gasteiger partial charge in [0.15, 0.2) is 0 Å². The first-order valence-corrected chi connectivity index (χ1v) is 19.8. The van der Waals surface area contributed by atoms with Crippen LogP contribution in [-0.4, -0.2) is 110 Å². The van der Waals surface area contributed by atoms with Crippen LogP contribution in [0.2, 0.25) is 0 Å². The van der Waals surface area contributed by atoms with Gasteiger partial charge in [-0.05, 0) is 19.4 Å². The van der Waals surface area contributed by atoms with Crippen LogP contribution in [0.3, 0.4) is 0 Å². The lowest BCUT2D eigenvalue weighted by Crippen LogP contribution is -2.36. The molecule has 0 aliphatic carbocycles. The van der Waals surface area contributed by atoms with Crippen LogP contribution in [-0.2, 0) is 73.1 Å². The molecular weight excluding hydrogens is 757 g/mol. The molecule has 31 heteroatoms. The van der Waals surface area contributed by atoms with E-state index in [4.69, 9.17) is 30.7 Å². The van der Waals surface area contributed by atoms with Gasteiger partial charge in [0.2, 0.25) is 0 Å². The van der Waals surface area contributed by atoms with E-state index in [-0.39, 0.29) is 6.61 Å². The molecule has 2 fully saturated rings. The van der Waals surface area contributed by atoms with Crippen LogP contribution in [0.15, 0.2) is 5.11 Å². The summed E-state index contributed by atoms with van der Waals surface area (Å²) in [6.45, 7) is -0.596. The van der Waals surface area contributed by atoms with Crippen LogP contribution in [0.1, 0.15) is 13.8 Å². The molecule has 2 heterocycles. The average molecular weight is 787 g/mol. The number of phosphoric acid groups is 5. The minimum atomic E-state index is -6.09. The Bertz CT molecular complexity index is 1400. The molecule has 2 aliphatic rings. The summed E-state index contributed by atoms with van der Waals surface area (Å²) in [5, 5.41) is 23.1. The number of hydrogen-bond acceptors (Lipinski definition) is 19. The van der Waals surface area contributed by atoms with Gasteiger partial charge in [0.25, 0.3) is 0 Å². The highest BCUT2D eigenvalue weighted by molar-refractivity contribution is 7.66. The zero-order valence-corrected chi connectivity index (χ0v) is 28.2. The fourth-order valence-electron chi connectivity index (χ4n) is 3.65. The highest BCUT2D eigenvalue weighted by Crippen LogP contribution is 2.68. The maximum absolute atomic E-state index is 12.2. The average Bonchev–Trinajstić information content (AvgIpc) is 3.35. The number of aliphatic hydroxyl groups excluding tert-OH is 2. The fraction of sp³-hybridized carbons (Fsp3) is 0.875. The molecule has 272 valence electrons. The van der Waals surface area contributed by atoms with Crippen LogP contribution >= 0.6 is 39.1 Å². The lowest BCUT2D eigenvalue weighted by molar-refractivity contribution is -0.149. The predicted molar refractivity (Wildman–Crippen MR) is 145 cm³/mol. The Morgan fingerprint density at radius 2 is 1.26 bits per heavy atom. The quantitative estimate of drug-likeness (QED) is 0.0168. The van der Waals surface area contributed by atoms with Crippen molar-refractivity contribution in [3.63, 3.8) is 0 Å². The van der Waals surface area contributed by atoms with Gasteiger partial charge >= 0.3 is 39.1 Å². The monoisotopic (exact) mass is 787 g/mol. The molecule has 0 saturated carbocycles. The van der Waals surface area contributed by atoms with Crippen molar-refractivity contribution in [2.24, 2.45) is 5.11 Å². The summed E-state index contributed by atoms with van der Waals surface area (Å²) < 4.78 is 109. The molecular formula is C16H30N3O23P5. The topological polar surface area (TPSA) is 377 Å². The van der Waals surface area contributed by atoms with E-state index in [0.717, 1.165) is 0 Å². The zero-order valence-electron chi connectivity index (χ0n) is 23.8. The van der Waals surface area contributed by atoms with E-state index in [2.05, 4.69) is 47.5 Å². The number of azide groups is 1. The second-order valence-corrected chi connectivity index (χ2v) is 16.3. The molecule has 2 saturated heterocycles. The Morgan fingerprint density at radius 3 is 1.81 bits per heavy atom. The number of hydrogen-bond donors (Lipinski definition) is 7. The summed E-state index contributed by atoms with van der Waals surface area (Å²) >= 11 is 0. The summed E-state index contributed by atoms with van der Waals surface area (Å²) in [5.41, 5.74) is 8.20. The van der Waals surface area contributed by atoms with E-state index in [0.29, 0.717) is 0 Å². The fourth-order valence-corrected chi connectivity index (χ4v) is 8.64. The van der Waals surface area contributed by atoms with Gasteiger partial charge in [-0.25, -0.2) is 22.8 Å². The van der Waals surface area contributed by atoms with Crippen molar-refractivity contribution in [3.8, 4) is 12.3 Å². The number of rotatable bonds is 20. The van der Waals surface area contributed by atoms with E-state index in [9.17, 15) is 57.5 Å². The third-order valence-corrected chi connectivity index (χ3v) is 11.4. The second kappa shape index (κ2) is 17.5. The van der Waals surface area contributed by atoms with Crippen molar-refractivity contribution < 1.29 is 108 Å². The number of nitrogens with zero attached hydrogens (tertiary/aromatic N) is 3. The molecule has 7 N–H and O–H groups in total. The zero-order chi connectivity index (χ0) is 35.8. The van der Waals surface area contributed by atoms with Gasteiger partial charge in [-0.2, -0.15) is 8.62 Å². The largest absolute Gasteiger partial charge is 0.508 e. The summed E-state index contributed by atoms with van der Waals surface area (Å²) in [6.07, 6.45) is -5.60. The molecule has 26 nitrogen and oxygen atoms in total. The van der Waals surface area contributed by atoms with Crippen molar-refractivity contribution in [1.82, 2.24) is 0 Å². The molecule has 0 aromatic heterocycles. The minimum absolute atomic E-state index is 0.295. The van der Waals surface area contributed by atoms with Gasteiger partial charge < -0.3 is 48.9 Å². The van der Waals surface area contributed by atoms with Gasteiger partial charge in [-0.15, -0.1) is 15.8 Å². The van der Waals surface area contributed by atoms with Crippen LogP contribution in [0, 0.1) is 12.3 Å². The number of phosphoric ester groups is 3. The van der Waals surface area contributed by atoms with Gasteiger partial charge in [0.05, 0.1) is 25.4 Å².